The molecule has 0 amide bonds. The van der Waals surface area contributed by atoms with Gasteiger partial charge in [-0.05, 0) is 13.0 Å². The summed E-state index contributed by atoms with van der Waals surface area (Å²) in [7, 11) is 0. The van der Waals surface area contributed by atoms with Gasteiger partial charge in [-0.2, -0.15) is 0 Å². The van der Waals surface area contributed by atoms with Crippen LogP contribution in [0.1, 0.15) is 22.8 Å². The average Bonchev–Trinajstić information content (AvgIpc) is 2.50. The molecule has 2 rings (SSSR count). The van der Waals surface area contributed by atoms with E-state index in [0.717, 1.165) is 19.2 Å². The van der Waals surface area contributed by atoms with Crippen LogP contribution >= 0.6 is 0 Å². The summed E-state index contributed by atoms with van der Waals surface area (Å²) in [5.41, 5.74) is 0.508. The van der Waals surface area contributed by atoms with E-state index in [1.807, 2.05) is 0 Å². The minimum absolute atomic E-state index is 0.0108. The van der Waals surface area contributed by atoms with Crippen LogP contribution in [0, 0.1) is 5.82 Å². The summed E-state index contributed by atoms with van der Waals surface area (Å²) < 4.78 is 23.9. The van der Waals surface area contributed by atoms with Gasteiger partial charge in [0.2, 0.25) is 0 Å². The van der Waals surface area contributed by atoms with E-state index in [0.29, 0.717) is 25.3 Å². The third-order valence-corrected chi connectivity index (χ3v) is 3.27. The summed E-state index contributed by atoms with van der Waals surface area (Å²) in [6.45, 7) is 4.97. The Morgan fingerprint density at radius 3 is 2.67 bits per heavy atom. The Morgan fingerprint density at radius 2 is 2.05 bits per heavy atom. The van der Waals surface area contributed by atoms with Gasteiger partial charge in [-0.3, -0.25) is 9.69 Å². The fraction of sp³-hybridized carbons (Fsp3) is 0.467. The molecule has 0 radical (unpaired) electrons. The van der Waals surface area contributed by atoms with Crippen LogP contribution in [0.5, 0.6) is 0 Å². The van der Waals surface area contributed by atoms with Crippen LogP contribution in [0.15, 0.2) is 18.2 Å². The summed E-state index contributed by atoms with van der Waals surface area (Å²) in [6, 6.07) is 4.09. The van der Waals surface area contributed by atoms with E-state index in [-0.39, 0.29) is 12.2 Å². The Labute approximate surface area is 122 Å². The molecule has 114 valence electrons. The number of Topliss-reactive ketones (excluding diaryl/α,β-unsaturated/α-hetero) is 1. The van der Waals surface area contributed by atoms with Crippen molar-refractivity contribution < 1.29 is 23.5 Å². The first-order valence-electron chi connectivity index (χ1n) is 6.91. The lowest BCUT2D eigenvalue weighted by molar-refractivity contribution is -0.137. The molecule has 0 atom stereocenters. The molecule has 1 fully saturated rings. The minimum Gasteiger partial charge on any atom is -0.460 e. The number of nitrogens with zero attached hydrogens (tertiary/aromatic N) is 1. The van der Waals surface area contributed by atoms with Crippen LogP contribution in [-0.2, 0) is 20.8 Å². The second-order valence-electron chi connectivity index (χ2n) is 4.74. The van der Waals surface area contributed by atoms with Crippen molar-refractivity contribution >= 4 is 11.8 Å². The highest BCUT2D eigenvalue weighted by Crippen LogP contribution is 2.15. The molecule has 1 heterocycles. The van der Waals surface area contributed by atoms with Crippen LogP contribution in [0.4, 0.5) is 4.39 Å². The van der Waals surface area contributed by atoms with E-state index in [4.69, 9.17) is 4.74 Å². The summed E-state index contributed by atoms with van der Waals surface area (Å²) in [4.78, 5) is 25.1. The van der Waals surface area contributed by atoms with Crippen molar-refractivity contribution in [1.29, 1.82) is 0 Å². The number of ketones is 1. The minimum atomic E-state index is -0.960. The number of halogens is 1. The Kier molecular flexibility index (Phi) is 5.41. The molecular formula is C15H18FNO4. The molecule has 21 heavy (non-hydrogen) atoms. The number of esters is 1. The zero-order chi connectivity index (χ0) is 15.2. The number of rotatable bonds is 5. The van der Waals surface area contributed by atoms with Gasteiger partial charge < -0.3 is 9.47 Å². The molecule has 6 heteroatoms. The Bertz CT molecular complexity index is 526. The topological polar surface area (TPSA) is 55.8 Å². The van der Waals surface area contributed by atoms with Gasteiger partial charge in [-0.15, -0.1) is 0 Å². The fourth-order valence-corrected chi connectivity index (χ4v) is 2.13. The maximum Gasteiger partial charge on any atom is 0.379 e. The van der Waals surface area contributed by atoms with Crippen LogP contribution in [0.3, 0.4) is 0 Å². The van der Waals surface area contributed by atoms with Gasteiger partial charge in [0, 0.05) is 30.8 Å². The summed E-state index contributed by atoms with van der Waals surface area (Å²) >= 11 is 0. The first-order chi connectivity index (χ1) is 10.1. The molecule has 0 aromatic heterocycles. The summed E-state index contributed by atoms with van der Waals surface area (Å²) in [6.07, 6.45) is 0. The van der Waals surface area contributed by atoms with Gasteiger partial charge in [-0.25, -0.2) is 9.18 Å². The van der Waals surface area contributed by atoms with Gasteiger partial charge >= 0.3 is 5.97 Å². The SMILES string of the molecule is CCOC(=O)C(=O)c1ccc(CN2CCOCC2)c(F)c1. The van der Waals surface area contributed by atoms with E-state index >= 15 is 0 Å². The van der Waals surface area contributed by atoms with Gasteiger partial charge in [0.15, 0.2) is 0 Å². The predicted octanol–water partition coefficient (Wildman–Crippen LogP) is 1.40. The second-order valence-corrected chi connectivity index (χ2v) is 4.74. The second kappa shape index (κ2) is 7.28. The molecule has 1 aliphatic rings. The number of carbonyl (C=O) groups is 2. The zero-order valence-electron chi connectivity index (χ0n) is 11.9. The molecule has 1 saturated heterocycles. The van der Waals surface area contributed by atoms with Gasteiger partial charge in [0.1, 0.15) is 5.82 Å². The maximum atomic E-state index is 14.1. The lowest BCUT2D eigenvalue weighted by Crippen LogP contribution is -2.35. The number of ether oxygens (including phenoxy) is 2. The van der Waals surface area contributed by atoms with Crippen molar-refractivity contribution in [2.75, 3.05) is 32.9 Å². The Morgan fingerprint density at radius 1 is 1.33 bits per heavy atom. The maximum absolute atomic E-state index is 14.1. The average molecular weight is 295 g/mol. The lowest BCUT2D eigenvalue weighted by atomic mass is 10.1. The number of morpholine rings is 1. The lowest BCUT2D eigenvalue weighted by Gasteiger charge is -2.26. The number of hydrogen-bond acceptors (Lipinski definition) is 5. The van der Waals surface area contributed by atoms with Crippen molar-refractivity contribution in [1.82, 2.24) is 4.90 Å². The number of hydrogen-bond donors (Lipinski definition) is 0. The largest absolute Gasteiger partial charge is 0.460 e. The van der Waals surface area contributed by atoms with Crippen molar-refractivity contribution in [3.8, 4) is 0 Å². The monoisotopic (exact) mass is 295 g/mol. The molecule has 1 aromatic carbocycles. The van der Waals surface area contributed by atoms with E-state index in [1.165, 1.54) is 12.1 Å². The van der Waals surface area contributed by atoms with E-state index < -0.39 is 17.6 Å². The third kappa shape index (κ3) is 4.09. The molecule has 0 N–H and O–H groups in total. The van der Waals surface area contributed by atoms with Gasteiger partial charge in [0.25, 0.3) is 5.78 Å². The molecule has 5 nitrogen and oxygen atoms in total. The molecular weight excluding hydrogens is 277 g/mol. The first-order valence-corrected chi connectivity index (χ1v) is 6.91. The van der Waals surface area contributed by atoms with Crippen molar-refractivity contribution in [3.05, 3.63) is 35.1 Å². The molecule has 1 aromatic rings. The zero-order valence-corrected chi connectivity index (χ0v) is 11.9. The standard InChI is InChI=1S/C15H18FNO4/c1-2-21-15(19)14(18)11-3-4-12(13(16)9-11)10-17-5-7-20-8-6-17/h3-4,9H,2,5-8,10H2,1H3. The van der Waals surface area contributed by atoms with Gasteiger partial charge in [-0.1, -0.05) is 12.1 Å². The van der Waals surface area contributed by atoms with Crippen molar-refractivity contribution in [3.63, 3.8) is 0 Å². The van der Waals surface area contributed by atoms with Crippen LogP contribution in [0.25, 0.3) is 0 Å². The van der Waals surface area contributed by atoms with E-state index in [9.17, 15) is 14.0 Å². The quantitative estimate of drug-likeness (QED) is 0.467. The Balaban J connectivity index is 2.06. The highest BCUT2D eigenvalue weighted by Gasteiger charge is 2.19. The van der Waals surface area contributed by atoms with E-state index in [1.54, 1.807) is 6.92 Å². The van der Waals surface area contributed by atoms with Crippen LogP contribution < -0.4 is 0 Å². The van der Waals surface area contributed by atoms with Crippen LogP contribution in [-0.4, -0.2) is 49.6 Å². The summed E-state index contributed by atoms with van der Waals surface area (Å²) in [5, 5.41) is 0. The summed E-state index contributed by atoms with van der Waals surface area (Å²) in [5.74, 6) is -2.27. The smallest absolute Gasteiger partial charge is 0.379 e. The molecule has 1 aliphatic heterocycles. The highest BCUT2D eigenvalue weighted by molar-refractivity contribution is 6.40. The number of carbonyl (C=O) groups excluding carboxylic acids is 2. The van der Waals surface area contributed by atoms with Crippen molar-refractivity contribution in [2.24, 2.45) is 0 Å². The molecule has 0 aliphatic carbocycles. The van der Waals surface area contributed by atoms with Crippen molar-refractivity contribution in [2.45, 2.75) is 13.5 Å². The molecule has 0 unspecified atom stereocenters. The third-order valence-electron chi connectivity index (χ3n) is 3.27. The molecule has 0 spiro atoms. The molecule has 0 saturated carbocycles. The Hall–Kier alpha value is -1.79. The fourth-order valence-electron chi connectivity index (χ4n) is 2.13. The highest BCUT2D eigenvalue weighted by atomic mass is 19.1. The normalized spacial score (nSPS) is 15.7. The molecule has 0 bridgehead atoms. The predicted molar refractivity (Wildman–Crippen MR) is 73.5 cm³/mol. The van der Waals surface area contributed by atoms with Crippen LogP contribution in [0.2, 0.25) is 0 Å². The van der Waals surface area contributed by atoms with E-state index in [2.05, 4.69) is 9.64 Å². The van der Waals surface area contributed by atoms with Gasteiger partial charge in [0.05, 0.1) is 19.8 Å². The first kappa shape index (κ1) is 15.6. The number of benzene rings is 1.